The lowest BCUT2D eigenvalue weighted by Crippen LogP contribution is -2.75. The van der Waals surface area contributed by atoms with Gasteiger partial charge in [-0.15, -0.1) is 11.8 Å². The Bertz CT molecular complexity index is 734. The minimum Gasteiger partial charge on any atom is -0.286 e. The van der Waals surface area contributed by atoms with Gasteiger partial charge in [-0.2, -0.15) is 0 Å². The second-order valence-electron chi connectivity index (χ2n) is 5.14. The molecule has 106 valence electrons. The van der Waals surface area contributed by atoms with Crippen LogP contribution in [0.2, 0.25) is 0 Å². The molecule has 2 aromatic rings. The number of para-hydroxylation sites is 1. The van der Waals surface area contributed by atoms with E-state index in [0.29, 0.717) is 0 Å². The molecule has 1 amide bonds. The van der Waals surface area contributed by atoms with Crippen molar-refractivity contribution >= 4 is 46.6 Å². The number of benzene rings is 2. The van der Waals surface area contributed by atoms with Gasteiger partial charge in [-0.25, -0.2) is 0 Å². The van der Waals surface area contributed by atoms with Crippen LogP contribution in [0.1, 0.15) is 11.1 Å². The third-order valence-electron chi connectivity index (χ3n) is 4.05. The second kappa shape index (κ2) is 4.42. The number of hydrogen-bond acceptors (Lipinski definition) is 2. The zero-order valence-electron chi connectivity index (χ0n) is 10.9. The Hall–Kier alpha value is -1.16. The van der Waals surface area contributed by atoms with Crippen molar-refractivity contribution in [2.45, 2.75) is 15.0 Å². The van der Waals surface area contributed by atoms with Crippen LogP contribution in [0.4, 0.5) is 5.69 Å². The number of thioether (sulfide) groups is 1. The maximum Gasteiger partial charge on any atom is 0.268 e. The van der Waals surface area contributed by atoms with E-state index in [-0.39, 0.29) is 5.91 Å². The Labute approximate surface area is 137 Å². The Kier molecular flexibility index (Phi) is 2.84. The summed E-state index contributed by atoms with van der Waals surface area (Å²) in [6, 6.07) is 17.7. The Morgan fingerprint density at radius 2 is 1.67 bits per heavy atom. The van der Waals surface area contributed by atoms with Crippen molar-refractivity contribution in [3.05, 3.63) is 65.7 Å². The van der Waals surface area contributed by atoms with Crippen molar-refractivity contribution in [3.63, 3.8) is 0 Å². The topological polar surface area (TPSA) is 20.3 Å². The standard InChI is InChI=1S/C16H11Cl2NOS/c17-15(18)14(20)19-13-9-5-4-6-11(13)10-21-16(15,19)12-7-2-1-3-8-12/h1-9H,10H2/t16-/m0/s1. The van der Waals surface area contributed by atoms with Crippen molar-refractivity contribution in [3.8, 4) is 0 Å². The van der Waals surface area contributed by atoms with E-state index in [0.717, 1.165) is 22.6 Å². The van der Waals surface area contributed by atoms with Gasteiger partial charge in [-0.1, -0.05) is 71.7 Å². The monoisotopic (exact) mass is 335 g/mol. The SMILES string of the molecule is O=C1N2c3ccccc3CS[C@@]2(c2ccccc2)C1(Cl)Cl. The second-order valence-corrected chi connectivity index (χ2v) is 7.64. The first-order valence-electron chi connectivity index (χ1n) is 6.59. The van der Waals surface area contributed by atoms with E-state index in [1.807, 2.05) is 54.6 Å². The van der Waals surface area contributed by atoms with Crippen molar-refractivity contribution in [2.75, 3.05) is 4.90 Å². The van der Waals surface area contributed by atoms with Gasteiger partial charge >= 0.3 is 0 Å². The average molecular weight is 336 g/mol. The maximum atomic E-state index is 12.5. The van der Waals surface area contributed by atoms with Gasteiger partial charge in [-0.05, 0) is 17.2 Å². The van der Waals surface area contributed by atoms with Crippen LogP contribution in [0.25, 0.3) is 0 Å². The molecule has 2 nitrogen and oxygen atoms in total. The summed E-state index contributed by atoms with van der Waals surface area (Å²) in [5.41, 5.74) is 2.99. The molecule has 2 aromatic carbocycles. The molecule has 21 heavy (non-hydrogen) atoms. The van der Waals surface area contributed by atoms with E-state index < -0.39 is 9.20 Å². The lowest BCUT2D eigenvalue weighted by molar-refractivity contribution is -0.126. The zero-order valence-corrected chi connectivity index (χ0v) is 13.3. The molecule has 1 saturated heterocycles. The van der Waals surface area contributed by atoms with Crippen LogP contribution in [0.15, 0.2) is 54.6 Å². The fourth-order valence-corrected chi connectivity index (χ4v) is 5.41. The van der Waals surface area contributed by atoms with Gasteiger partial charge in [0.1, 0.15) is 0 Å². The number of fused-ring (bicyclic) bond motifs is 3. The highest BCUT2D eigenvalue weighted by atomic mass is 35.5. The van der Waals surface area contributed by atoms with Gasteiger partial charge in [0.2, 0.25) is 4.33 Å². The first-order valence-corrected chi connectivity index (χ1v) is 8.33. The minimum atomic E-state index is -1.44. The van der Waals surface area contributed by atoms with Crippen LogP contribution in [0.5, 0.6) is 0 Å². The fraction of sp³-hybridized carbons (Fsp3) is 0.188. The van der Waals surface area contributed by atoms with E-state index in [9.17, 15) is 4.79 Å². The number of anilines is 1. The molecule has 5 heteroatoms. The molecule has 2 aliphatic heterocycles. The molecule has 0 radical (unpaired) electrons. The van der Waals surface area contributed by atoms with E-state index in [1.165, 1.54) is 0 Å². The van der Waals surface area contributed by atoms with E-state index >= 15 is 0 Å². The number of carbonyl (C=O) groups is 1. The maximum absolute atomic E-state index is 12.5. The molecule has 0 spiro atoms. The highest BCUT2D eigenvalue weighted by Crippen LogP contribution is 2.66. The third-order valence-corrected chi connectivity index (χ3v) is 6.74. The van der Waals surface area contributed by atoms with Crippen LogP contribution in [0.3, 0.4) is 0 Å². The van der Waals surface area contributed by atoms with Crippen molar-refractivity contribution in [1.82, 2.24) is 0 Å². The summed E-state index contributed by atoms with van der Waals surface area (Å²) in [7, 11) is 0. The summed E-state index contributed by atoms with van der Waals surface area (Å²) in [5, 5.41) is 0. The summed E-state index contributed by atoms with van der Waals surface area (Å²) in [4.78, 5) is 13.5. The third kappa shape index (κ3) is 1.54. The quantitative estimate of drug-likeness (QED) is 0.571. The predicted octanol–water partition coefficient (Wildman–Crippen LogP) is 4.31. The molecule has 0 bridgehead atoms. The molecular formula is C16H11Cl2NOS. The number of nitrogens with zero attached hydrogens (tertiary/aromatic N) is 1. The van der Waals surface area contributed by atoms with Crippen molar-refractivity contribution in [2.24, 2.45) is 0 Å². The average Bonchev–Trinajstić information content (AvgIpc) is 2.53. The number of halogens is 2. The van der Waals surface area contributed by atoms with Gasteiger partial charge in [-0.3, -0.25) is 9.69 Å². The highest BCUT2D eigenvalue weighted by Gasteiger charge is 2.73. The summed E-state index contributed by atoms with van der Waals surface area (Å²) in [5.74, 6) is 0.519. The number of rotatable bonds is 1. The molecule has 2 heterocycles. The smallest absolute Gasteiger partial charge is 0.268 e. The van der Waals surface area contributed by atoms with Gasteiger partial charge in [0.15, 0.2) is 4.87 Å². The van der Waals surface area contributed by atoms with Gasteiger partial charge < -0.3 is 0 Å². The summed E-state index contributed by atoms with van der Waals surface area (Å²) >= 11 is 14.5. The fourth-order valence-electron chi connectivity index (χ4n) is 3.04. The molecule has 2 aliphatic rings. The molecule has 1 fully saturated rings. The molecule has 0 aromatic heterocycles. The Morgan fingerprint density at radius 3 is 2.43 bits per heavy atom. The van der Waals surface area contributed by atoms with Gasteiger partial charge in [0, 0.05) is 11.4 Å². The largest absolute Gasteiger partial charge is 0.286 e. The first-order chi connectivity index (χ1) is 10.1. The van der Waals surface area contributed by atoms with Crippen LogP contribution < -0.4 is 4.90 Å². The summed E-state index contributed by atoms with van der Waals surface area (Å²) < 4.78 is -1.44. The number of carbonyl (C=O) groups excluding carboxylic acids is 1. The van der Waals surface area contributed by atoms with Crippen LogP contribution >= 0.6 is 35.0 Å². The normalized spacial score (nSPS) is 25.8. The summed E-state index contributed by atoms with van der Waals surface area (Å²) in [6.07, 6.45) is 0. The zero-order chi connectivity index (χ0) is 14.7. The predicted molar refractivity (Wildman–Crippen MR) is 87.8 cm³/mol. The van der Waals surface area contributed by atoms with E-state index in [4.69, 9.17) is 23.2 Å². The molecule has 0 aliphatic carbocycles. The number of alkyl halides is 2. The van der Waals surface area contributed by atoms with Crippen LogP contribution in [-0.4, -0.2) is 10.2 Å². The molecular weight excluding hydrogens is 325 g/mol. The van der Waals surface area contributed by atoms with E-state index in [2.05, 4.69) is 0 Å². The Balaban J connectivity index is 1.95. The molecule has 0 saturated carbocycles. The molecule has 0 unspecified atom stereocenters. The number of amides is 1. The lowest BCUT2D eigenvalue weighted by Gasteiger charge is -2.61. The van der Waals surface area contributed by atoms with Crippen molar-refractivity contribution in [1.29, 1.82) is 0 Å². The molecule has 4 rings (SSSR count). The van der Waals surface area contributed by atoms with Gasteiger partial charge in [0.05, 0.1) is 0 Å². The van der Waals surface area contributed by atoms with Gasteiger partial charge in [0.25, 0.3) is 5.91 Å². The molecule has 1 atom stereocenters. The highest BCUT2D eigenvalue weighted by molar-refractivity contribution is 8.00. The first kappa shape index (κ1) is 13.5. The number of hydrogen-bond donors (Lipinski definition) is 0. The van der Waals surface area contributed by atoms with E-state index in [1.54, 1.807) is 16.7 Å². The molecule has 0 N–H and O–H groups in total. The minimum absolute atomic E-state index is 0.255. The number of β-lactam (4-membered cyclic amide) rings is 1. The van der Waals surface area contributed by atoms with Crippen molar-refractivity contribution < 1.29 is 4.79 Å². The van der Waals surface area contributed by atoms with Crippen LogP contribution in [0, 0.1) is 0 Å². The van der Waals surface area contributed by atoms with Crippen LogP contribution in [-0.2, 0) is 15.4 Å². The Morgan fingerprint density at radius 1 is 1.00 bits per heavy atom. The summed E-state index contributed by atoms with van der Waals surface area (Å²) in [6.45, 7) is 0. The lowest BCUT2D eigenvalue weighted by atomic mass is 9.89.